The van der Waals surface area contributed by atoms with Gasteiger partial charge in [0.25, 0.3) is 0 Å². The number of rotatable bonds is 9. The van der Waals surface area contributed by atoms with E-state index in [1.165, 1.54) is 12.8 Å². The predicted molar refractivity (Wildman–Crippen MR) is 116 cm³/mol. The average molecular weight is 397 g/mol. The first-order valence-electron chi connectivity index (χ1n) is 10.6. The van der Waals surface area contributed by atoms with E-state index >= 15 is 0 Å². The number of aliphatic imine (C=N–C) groups is 1. The number of ether oxygens (including phenoxy) is 1. The molecule has 0 radical (unpaired) electrons. The van der Waals surface area contributed by atoms with Gasteiger partial charge in [-0.25, -0.2) is 9.98 Å². The molecule has 1 saturated carbocycles. The van der Waals surface area contributed by atoms with Gasteiger partial charge in [-0.05, 0) is 44.2 Å². The summed E-state index contributed by atoms with van der Waals surface area (Å²) in [6.07, 6.45) is 6.71. The van der Waals surface area contributed by atoms with Crippen molar-refractivity contribution in [2.45, 2.75) is 51.2 Å². The van der Waals surface area contributed by atoms with E-state index < -0.39 is 0 Å². The molecule has 6 nitrogen and oxygen atoms in total. The van der Waals surface area contributed by atoms with Crippen LogP contribution in [0.25, 0.3) is 0 Å². The van der Waals surface area contributed by atoms with E-state index in [1.807, 2.05) is 49.4 Å². The van der Waals surface area contributed by atoms with E-state index in [9.17, 15) is 5.11 Å². The Bertz CT molecular complexity index is 760. The zero-order valence-corrected chi connectivity index (χ0v) is 17.2. The van der Waals surface area contributed by atoms with Crippen molar-refractivity contribution < 1.29 is 9.84 Å². The molecule has 0 bridgehead atoms. The maximum Gasteiger partial charge on any atom is 0.218 e. The summed E-state index contributed by atoms with van der Waals surface area (Å²) in [6, 6.07) is 14.0. The standard InChI is InChI=1S/C23H32N4O2/c1-2-24-23(27-16-20(17-28)18-9-4-3-5-10-18)26-15-19-11-8-14-25-22(19)29-21-12-6-7-13-21/h3-5,8-11,14,20-21,28H,2,6-7,12-13,15-17H2,1H3,(H2,24,26,27). The van der Waals surface area contributed by atoms with E-state index in [-0.39, 0.29) is 18.6 Å². The number of aromatic nitrogens is 1. The van der Waals surface area contributed by atoms with Gasteiger partial charge in [0.1, 0.15) is 6.10 Å². The van der Waals surface area contributed by atoms with E-state index in [0.717, 1.165) is 36.5 Å². The topological polar surface area (TPSA) is 78.8 Å². The molecule has 1 heterocycles. The Morgan fingerprint density at radius 1 is 1.17 bits per heavy atom. The molecule has 0 saturated heterocycles. The highest BCUT2D eigenvalue weighted by molar-refractivity contribution is 5.79. The van der Waals surface area contributed by atoms with E-state index in [0.29, 0.717) is 19.0 Å². The SMILES string of the molecule is CCNC(=NCc1cccnc1OC1CCCC1)NCC(CO)c1ccccc1. The fourth-order valence-corrected chi connectivity index (χ4v) is 3.55. The molecule has 1 atom stereocenters. The van der Waals surface area contributed by atoms with Crippen LogP contribution in [0.3, 0.4) is 0 Å². The van der Waals surface area contributed by atoms with Gasteiger partial charge in [0.2, 0.25) is 5.88 Å². The van der Waals surface area contributed by atoms with Crippen LogP contribution in [0, 0.1) is 0 Å². The van der Waals surface area contributed by atoms with Crippen LogP contribution in [0.2, 0.25) is 0 Å². The fourth-order valence-electron chi connectivity index (χ4n) is 3.55. The highest BCUT2D eigenvalue weighted by atomic mass is 16.5. The maximum atomic E-state index is 9.78. The van der Waals surface area contributed by atoms with Crippen molar-refractivity contribution in [2.24, 2.45) is 4.99 Å². The summed E-state index contributed by atoms with van der Waals surface area (Å²) in [4.78, 5) is 9.14. The Morgan fingerprint density at radius 3 is 2.69 bits per heavy atom. The second-order valence-corrected chi connectivity index (χ2v) is 7.36. The van der Waals surface area contributed by atoms with E-state index in [1.54, 1.807) is 6.20 Å². The summed E-state index contributed by atoms with van der Waals surface area (Å²) in [5.41, 5.74) is 2.09. The van der Waals surface area contributed by atoms with E-state index in [2.05, 4.69) is 15.6 Å². The van der Waals surface area contributed by atoms with Crippen LogP contribution >= 0.6 is 0 Å². The second kappa shape index (κ2) is 11.4. The van der Waals surface area contributed by atoms with Gasteiger partial charge in [0.15, 0.2) is 5.96 Å². The van der Waals surface area contributed by atoms with Crippen LogP contribution in [0.1, 0.15) is 49.7 Å². The maximum absolute atomic E-state index is 9.78. The van der Waals surface area contributed by atoms with Gasteiger partial charge < -0.3 is 20.5 Å². The number of nitrogens with zero attached hydrogens (tertiary/aromatic N) is 2. The number of pyridine rings is 1. The van der Waals surface area contributed by atoms with Crippen LogP contribution in [-0.2, 0) is 6.54 Å². The number of benzene rings is 1. The van der Waals surface area contributed by atoms with Gasteiger partial charge in [-0.3, -0.25) is 0 Å². The lowest BCUT2D eigenvalue weighted by atomic mass is 10.0. The number of hydrogen-bond acceptors (Lipinski definition) is 4. The van der Waals surface area contributed by atoms with Crippen LogP contribution < -0.4 is 15.4 Å². The number of aliphatic hydroxyl groups is 1. The quantitative estimate of drug-likeness (QED) is 0.448. The average Bonchev–Trinajstić information content (AvgIpc) is 3.27. The molecule has 1 aliphatic carbocycles. The number of aliphatic hydroxyl groups excluding tert-OH is 1. The molecule has 1 aromatic carbocycles. The normalized spacial score (nSPS) is 15.9. The van der Waals surface area contributed by atoms with Crippen molar-refractivity contribution in [2.75, 3.05) is 19.7 Å². The van der Waals surface area contributed by atoms with Crippen molar-refractivity contribution >= 4 is 5.96 Å². The van der Waals surface area contributed by atoms with Crippen molar-refractivity contribution in [3.8, 4) is 5.88 Å². The zero-order valence-electron chi connectivity index (χ0n) is 17.2. The minimum absolute atomic E-state index is 0.0136. The van der Waals surface area contributed by atoms with Crippen molar-refractivity contribution in [3.05, 3.63) is 59.8 Å². The highest BCUT2D eigenvalue weighted by Gasteiger charge is 2.18. The molecule has 0 amide bonds. The second-order valence-electron chi connectivity index (χ2n) is 7.36. The third kappa shape index (κ3) is 6.46. The predicted octanol–water partition coefficient (Wildman–Crippen LogP) is 3.23. The first-order valence-corrected chi connectivity index (χ1v) is 10.6. The number of guanidine groups is 1. The molecule has 29 heavy (non-hydrogen) atoms. The Labute approximate surface area is 173 Å². The summed E-state index contributed by atoms with van der Waals surface area (Å²) < 4.78 is 6.12. The number of hydrogen-bond donors (Lipinski definition) is 3. The first kappa shape index (κ1) is 21.1. The monoisotopic (exact) mass is 396 g/mol. The van der Waals surface area contributed by atoms with Crippen molar-refractivity contribution in [1.82, 2.24) is 15.6 Å². The molecule has 1 aliphatic rings. The Morgan fingerprint density at radius 2 is 1.97 bits per heavy atom. The van der Waals surface area contributed by atoms with Crippen LogP contribution in [0.15, 0.2) is 53.7 Å². The van der Waals surface area contributed by atoms with Gasteiger partial charge in [-0.15, -0.1) is 0 Å². The van der Waals surface area contributed by atoms with Crippen LogP contribution in [0.4, 0.5) is 0 Å². The van der Waals surface area contributed by atoms with Crippen LogP contribution in [-0.4, -0.2) is 41.9 Å². The molecule has 0 spiro atoms. The molecule has 1 fully saturated rings. The lowest BCUT2D eigenvalue weighted by molar-refractivity contribution is 0.199. The summed E-state index contributed by atoms with van der Waals surface area (Å²) >= 11 is 0. The lowest BCUT2D eigenvalue weighted by Gasteiger charge is -2.18. The minimum atomic E-state index is 0.0136. The van der Waals surface area contributed by atoms with Gasteiger partial charge in [0, 0.05) is 30.8 Å². The summed E-state index contributed by atoms with van der Waals surface area (Å²) in [5.74, 6) is 1.42. The third-order valence-corrected chi connectivity index (χ3v) is 5.19. The minimum Gasteiger partial charge on any atom is -0.474 e. The molecule has 2 aromatic rings. The molecule has 1 aromatic heterocycles. The van der Waals surface area contributed by atoms with Crippen LogP contribution in [0.5, 0.6) is 5.88 Å². The van der Waals surface area contributed by atoms with Crippen molar-refractivity contribution in [3.63, 3.8) is 0 Å². The van der Waals surface area contributed by atoms with E-state index in [4.69, 9.17) is 9.73 Å². The molecule has 3 rings (SSSR count). The molecular weight excluding hydrogens is 364 g/mol. The zero-order chi connectivity index (χ0) is 20.3. The lowest BCUT2D eigenvalue weighted by Crippen LogP contribution is -2.40. The Kier molecular flexibility index (Phi) is 8.31. The Hall–Kier alpha value is -2.60. The molecule has 156 valence electrons. The first-order chi connectivity index (χ1) is 14.3. The molecular formula is C23H32N4O2. The summed E-state index contributed by atoms with van der Waals surface area (Å²) in [7, 11) is 0. The summed E-state index contributed by atoms with van der Waals surface area (Å²) in [6.45, 7) is 3.97. The smallest absolute Gasteiger partial charge is 0.218 e. The molecule has 1 unspecified atom stereocenters. The molecule has 0 aliphatic heterocycles. The molecule has 6 heteroatoms. The molecule has 3 N–H and O–H groups in total. The highest BCUT2D eigenvalue weighted by Crippen LogP contribution is 2.25. The van der Waals surface area contributed by atoms with Gasteiger partial charge in [-0.1, -0.05) is 36.4 Å². The van der Waals surface area contributed by atoms with Gasteiger partial charge >= 0.3 is 0 Å². The Balaban J connectivity index is 1.63. The summed E-state index contributed by atoms with van der Waals surface area (Å²) in [5, 5.41) is 16.4. The third-order valence-electron chi connectivity index (χ3n) is 5.19. The largest absolute Gasteiger partial charge is 0.474 e. The van der Waals surface area contributed by atoms with Gasteiger partial charge in [0.05, 0.1) is 13.2 Å². The fraction of sp³-hybridized carbons (Fsp3) is 0.478. The van der Waals surface area contributed by atoms with Gasteiger partial charge in [-0.2, -0.15) is 0 Å². The number of nitrogens with one attached hydrogen (secondary N) is 2. The van der Waals surface area contributed by atoms with Crippen molar-refractivity contribution in [1.29, 1.82) is 0 Å².